The maximum absolute atomic E-state index is 12.3. The van der Waals surface area contributed by atoms with Crippen LogP contribution >= 0.6 is 0 Å². The van der Waals surface area contributed by atoms with Crippen molar-refractivity contribution in [3.05, 3.63) is 18.2 Å². The first-order chi connectivity index (χ1) is 10.7. The van der Waals surface area contributed by atoms with Gasteiger partial charge in [-0.1, -0.05) is 0 Å². The van der Waals surface area contributed by atoms with Crippen LogP contribution in [0.4, 0.5) is 0 Å². The van der Waals surface area contributed by atoms with Crippen molar-refractivity contribution in [1.29, 1.82) is 0 Å². The Morgan fingerprint density at radius 1 is 1.45 bits per heavy atom. The van der Waals surface area contributed by atoms with E-state index in [1.54, 1.807) is 0 Å². The summed E-state index contributed by atoms with van der Waals surface area (Å²) in [5, 5.41) is 0. The molecule has 0 bridgehead atoms. The van der Waals surface area contributed by atoms with E-state index in [4.69, 9.17) is 4.74 Å². The number of carbonyl (C=O) groups excluding carboxylic acids is 1. The highest BCUT2D eigenvalue weighted by molar-refractivity contribution is 5.75. The second-order valence-electron chi connectivity index (χ2n) is 6.70. The molecular formula is C17H27N3O2. The largest absolute Gasteiger partial charge is 0.378 e. The van der Waals surface area contributed by atoms with Crippen molar-refractivity contribution in [3.8, 4) is 0 Å². The van der Waals surface area contributed by atoms with Crippen LogP contribution in [0.25, 0.3) is 0 Å². The van der Waals surface area contributed by atoms with Gasteiger partial charge in [-0.2, -0.15) is 0 Å². The van der Waals surface area contributed by atoms with Gasteiger partial charge in [-0.3, -0.25) is 4.79 Å². The molecule has 1 amide bonds. The van der Waals surface area contributed by atoms with Crippen molar-refractivity contribution in [2.75, 3.05) is 20.2 Å². The van der Waals surface area contributed by atoms with Gasteiger partial charge in [0.25, 0.3) is 0 Å². The fourth-order valence-corrected chi connectivity index (χ4v) is 3.57. The van der Waals surface area contributed by atoms with Crippen LogP contribution in [0, 0.1) is 5.92 Å². The summed E-state index contributed by atoms with van der Waals surface area (Å²) in [6.07, 6.45) is 11.3. The molecule has 1 fully saturated rings. The summed E-state index contributed by atoms with van der Waals surface area (Å²) in [7, 11) is 1.94. The molecule has 2 aliphatic heterocycles. The quantitative estimate of drug-likeness (QED) is 0.838. The minimum Gasteiger partial charge on any atom is -0.378 e. The lowest BCUT2D eigenvalue weighted by Gasteiger charge is -2.28. The molecule has 5 heteroatoms. The van der Waals surface area contributed by atoms with Gasteiger partial charge in [-0.25, -0.2) is 4.98 Å². The van der Waals surface area contributed by atoms with Crippen molar-refractivity contribution in [2.45, 2.75) is 57.6 Å². The van der Waals surface area contributed by atoms with Crippen molar-refractivity contribution in [1.82, 2.24) is 14.5 Å². The average molecular weight is 305 g/mol. The van der Waals surface area contributed by atoms with Gasteiger partial charge >= 0.3 is 0 Å². The summed E-state index contributed by atoms with van der Waals surface area (Å²) in [5.74, 6) is 1.95. The molecule has 2 unspecified atom stereocenters. The summed E-state index contributed by atoms with van der Waals surface area (Å²) in [6, 6.07) is 0. The average Bonchev–Trinajstić information content (AvgIpc) is 3.01. The Kier molecular flexibility index (Phi) is 5.13. The van der Waals surface area contributed by atoms with Crippen molar-refractivity contribution in [2.24, 2.45) is 5.92 Å². The van der Waals surface area contributed by atoms with E-state index in [2.05, 4.69) is 9.55 Å². The van der Waals surface area contributed by atoms with E-state index in [1.807, 2.05) is 24.3 Å². The van der Waals surface area contributed by atoms with Crippen LogP contribution in [0.15, 0.2) is 12.4 Å². The number of imidazole rings is 1. The minimum absolute atomic E-state index is 0.253. The molecule has 1 saturated heterocycles. The predicted octanol–water partition coefficient (Wildman–Crippen LogP) is 2.25. The number of aryl methyl sites for hydroxylation is 1. The number of aromatic nitrogens is 2. The maximum atomic E-state index is 12.3. The zero-order chi connectivity index (χ0) is 15.4. The van der Waals surface area contributed by atoms with Gasteiger partial charge in [0.15, 0.2) is 0 Å². The highest BCUT2D eigenvalue weighted by Crippen LogP contribution is 2.21. The van der Waals surface area contributed by atoms with Gasteiger partial charge in [0.2, 0.25) is 5.91 Å². The summed E-state index contributed by atoms with van der Waals surface area (Å²) < 4.78 is 7.93. The number of fused-ring (bicyclic) bond motifs is 1. The molecule has 0 saturated carbocycles. The van der Waals surface area contributed by atoms with Crippen LogP contribution in [0.1, 0.15) is 44.3 Å². The van der Waals surface area contributed by atoms with Crippen LogP contribution in [-0.2, 0) is 22.5 Å². The fraction of sp³-hybridized carbons (Fsp3) is 0.765. The fourth-order valence-electron chi connectivity index (χ4n) is 3.57. The number of rotatable bonds is 5. The lowest BCUT2D eigenvalue weighted by Crippen LogP contribution is -2.35. The molecule has 3 rings (SSSR count). The van der Waals surface area contributed by atoms with Crippen LogP contribution in [0.2, 0.25) is 0 Å². The Bertz CT molecular complexity index is 494. The Hall–Kier alpha value is -1.36. The normalized spacial score (nSPS) is 24.8. The molecule has 2 aliphatic rings. The van der Waals surface area contributed by atoms with Gasteiger partial charge in [-0.05, 0) is 38.0 Å². The summed E-state index contributed by atoms with van der Waals surface area (Å²) in [6.45, 7) is 2.73. The molecule has 0 spiro atoms. The summed E-state index contributed by atoms with van der Waals surface area (Å²) in [4.78, 5) is 18.6. The number of amides is 1. The summed E-state index contributed by atoms with van der Waals surface area (Å²) >= 11 is 0. The van der Waals surface area contributed by atoms with Gasteiger partial charge < -0.3 is 14.2 Å². The third-order valence-electron chi connectivity index (χ3n) is 4.96. The SMILES string of the molecule is CN(CC1CCn2ccnc2C1)C(=O)CCC1CCCCO1. The van der Waals surface area contributed by atoms with E-state index in [0.29, 0.717) is 18.4 Å². The van der Waals surface area contributed by atoms with Crippen LogP contribution in [0.3, 0.4) is 0 Å². The monoisotopic (exact) mass is 305 g/mol. The van der Waals surface area contributed by atoms with E-state index in [1.165, 1.54) is 12.8 Å². The third kappa shape index (κ3) is 3.88. The van der Waals surface area contributed by atoms with Gasteiger partial charge in [0, 0.05) is 52.0 Å². The van der Waals surface area contributed by atoms with E-state index >= 15 is 0 Å². The van der Waals surface area contributed by atoms with E-state index in [9.17, 15) is 4.79 Å². The second kappa shape index (κ2) is 7.27. The number of ether oxygens (including phenoxy) is 1. The number of hydrogen-bond acceptors (Lipinski definition) is 3. The first kappa shape index (κ1) is 15.5. The zero-order valence-electron chi connectivity index (χ0n) is 13.5. The molecule has 0 aromatic carbocycles. The smallest absolute Gasteiger partial charge is 0.222 e. The van der Waals surface area contributed by atoms with Gasteiger partial charge in [0.05, 0.1) is 6.10 Å². The highest BCUT2D eigenvalue weighted by atomic mass is 16.5. The van der Waals surface area contributed by atoms with E-state index in [0.717, 1.165) is 51.2 Å². The number of nitrogens with zero attached hydrogens (tertiary/aromatic N) is 3. The van der Waals surface area contributed by atoms with Crippen molar-refractivity contribution in [3.63, 3.8) is 0 Å². The molecule has 122 valence electrons. The topological polar surface area (TPSA) is 47.4 Å². The van der Waals surface area contributed by atoms with Crippen LogP contribution in [-0.4, -0.2) is 46.7 Å². The van der Waals surface area contributed by atoms with E-state index < -0.39 is 0 Å². The molecule has 5 nitrogen and oxygen atoms in total. The van der Waals surface area contributed by atoms with E-state index in [-0.39, 0.29) is 5.91 Å². The lowest BCUT2D eigenvalue weighted by molar-refractivity contribution is -0.131. The number of carbonyl (C=O) groups is 1. The zero-order valence-corrected chi connectivity index (χ0v) is 13.5. The van der Waals surface area contributed by atoms with Crippen molar-refractivity contribution >= 4 is 5.91 Å². The predicted molar refractivity (Wildman–Crippen MR) is 84.5 cm³/mol. The number of hydrogen-bond donors (Lipinski definition) is 0. The van der Waals surface area contributed by atoms with Gasteiger partial charge in [-0.15, -0.1) is 0 Å². The molecule has 22 heavy (non-hydrogen) atoms. The Labute approximate surface area is 132 Å². The van der Waals surface area contributed by atoms with Crippen LogP contribution in [0.5, 0.6) is 0 Å². The second-order valence-corrected chi connectivity index (χ2v) is 6.70. The Balaban J connectivity index is 1.41. The molecule has 3 heterocycles. The maximum Gasteiger partial charge on any atom is 0.222 e. The third-order valence-corrected chi connectivity index (χ3v) is 4.96. The first-order valence-corrected chi connectivity index (χ1v) is 8.58. The molecular weight excluding hydrogens is 278 g/mol. The molecule has 1 aromatic rings. The standard InChI is InChI=1S/C17H27N3O2/c1-19(17(21)6-5-15-4-2-3-11-22-15)13-14-7-9-20-10-8-18-16(20)12-14/h8,10,14-15H,2-7,9,11-13H2,1H3. The molecule has 0 radical (unpaired) electrons. The lowest BCUT2D eigenvalue weighted by atomic mass is 9.97. The Morgan fingerprint density at radius 3 is 3.18 bits per heavy atom. The molecule has 0 N–H and O–H groups in total. The first-order valence-electron chi connectivity index (χ1n) is 8.58. The van der Waals surface area contributed by atoms with Crippen molar-refractivity contribution < 1.29 is 9.53 Å². The Morgan fingerprint density at radius 2 is 2.36 bits per heavy atom. The molecule has 2 atom stereocenters. The minimum atomic E-state index is 0.253. The summed E-state index contributed by atoms with van der Waals surface area (Å²) in [5.41, 5.74) is 0. The highest BCUT2D eigenvalue weighted by Gasteiger charge is 2.23. The molecule has 1 aromatic heterocycles. The molecule has 0 aliphatic carbocycles. The van der Waals surface area contributed by atoms with Crippen LogP contribution < -0.4 is 0 Å². The van der Waals surface area contributed by atoms with Gasteiger partial charge in [0.1, 0.15) is 5.82 Å².